The van der Waals surface area contributed by atoms with Crippen LogP contribution in [0, 0.1) is 0 Å². The van der Waals surface area contributed by atoms with Crippen LogP contribution in [0.3, 0.4) is 0 Å². The number of halogens is 2. The van der Waals surface area contributed by atoms with Crippen LogP contribution < -0.4 is 5.43 Å². The smallest absolute Gasteiger partial charge is 0.275 e. The molecule has 0 heterocycles. The zero-order chi connectivity index (χ0) is 17.1. The maximum absolute atomic E-state index is 12.2. The van der Waals surface area contributed by atoms with Crippen molar-refractivity contribution in [1.29, 1.82) is 0 Å². The number of rotatable bonds is 3. The normalized spacial score (nSPS) is 11.1. The number of carbonyl (C=O) groups excluding carboxylic acids is 1. The Morgan fingerprint density at radius 1 is 1.04 bits per heavy atom. The van der Waals surface area contributed by atoms with Gasteiger partial charge in [-0.2, -0.15) is 5.10 Å². The second kappa shape index (κ2) is 6.91. The molecule has 1 amide bonds. The number of nitrogens with zero attached hydrogens (tertiary/aromatic N) is 1. The quantitative estimate of drug-likeness (QED) is 0.530. The van der Waals surface area contributed by atoms with Gasteiger partial charge in [-0.05, 0) is 41.1 Å². The van der Waals surface area contributed by atoms with Crippen molar-refractivity contribution < 1.29 is 9.90 Å². The summed E-state index contributed by atoms with van der Waals surface area (Å²) < 4.78 is 0. The van der Waals surface area contributed by atoms with E-state index in [1.165, 1.54) is 6.21 Å². The highest BCUT2D eigenvalue weighted by atomic mass is 35.5. The van der Waals surface area contributed by atoms with E-state index in [0.717, 1.165) is 10.8 Å². The van der Waals surface area contributed by atoms with Crippen LogP contribution >= 0.6 is 23.2 Å². The van der Waals surface area contributed by atoms with Crippen molar-refractivity contribution in [2.24, 2.45) is 5.10 Å². The van der Waals surface area contributed by atoms with Gasteiger partial charge in [-0.25, -0.2) is 5.43 Å². The van der Waals surface area contributed by atoms with Crippen molar-refractivity contribution in [3.63, 3.8) is 0 Å². The lowest BCUT2D eigenvalue weighted by molar-refractivity contribution is 0.0952. The first-order valence-corrected chi connectivity index (χ1v) is 7.80. The summed E-state index contributed by atoms with van der Waals surface area (Å²) in [5.41, 5.74) is 3.09. The van der Waals surface area contributed by atoms with Crippen LogP contribution in [0.1, 0.15) is 15.9 Å². The van der Waals surface area contributed by atoms with Gasteiger partial charge in [0.15, 0.2) is 0 Å². The van der Waals surface area contributed by atoms with Gasteiger partial charge in [-0.3, -0.25) is 4.79 Å². The molecule has 0 saturated carbocycles. The lowest BCUT2D eigenvalue weighted by atomic mass is 10.1. The Balaban J connectivity index is 1.81. The lowest BCUT2D eigenvalue weighted by Crippen LogP contribution is -2.17. The molecule has 0 atom stereocenters. The zero-order valence-corrected chi connectivity index (χ0v) is 13.8. The van der Waals surface area contributed by atoms with Gasteiger partial charge in [0.2, 0.25) is 0 Å². The molecule has 0 aromatic heterocycles. The standard InChI is InChI=1S/C18H12Cl2N2O2/c19-14-5-6-16(20)13(7-14)10-21-22-18(24)15-8-11-3-1-2-4-12(11)9-17(15)23/h1-10,23H,(H,22,24)/b21-10+. The fraction of sp³-hybridized carbons (Fsp3) is 0. The Morgan fingerprint density at radius 3 is 2.50 bits per heavy atom. The third kappa shape index (κ3) is 3.50. The van der Waals surface area contributed by atoms with Crippen molar-refractivity contribution in [3.05, 3.63) is 75.8 Å². The predicted octanol–water partition coefficient (Wildman–Crippen LogP) is 4.62. The number of fused-ring (bicyclic) bond motifs is 1. The van der Waals surface area contributed by atoms with E-state index >= 15 is 0 Å². The fourth-order valence-corrected chi connectivity index (χ4v) is 2.59. The highest BCUT2D eigenvalue weighted by Gasteiger charge is 2.11. The molecule has 4 nitrogen and oxygen atoms in total. The second-order valence-electron chi connectivity index (χ2n) is 5.08. The SMILES string of the molecule is O=C(N/N=C/c1cc(Cl)ccc1Cl)c1cc2ccccc2cc1O. The Bertz CT molecular complexity index is 955. The van der Waals surface area contributed by atoms with Crippen LogP contribution in [0.4, 0.5) is 0 Å². The predicted molar refractivity (Wildman–Crippen MR) is 97.1 cm³/mol. The van der Waals surface area contributed by atoms with Crippen molar-refractivity contribution in [3.8, 4) is 5.75 Å². The molecule has 3 rings (SSSR count). The number of nitrogens with one attached hydrogen (secondary N) is 1. The monoisotopic (exact) mass is 358 g/mol. The van der Waals surface area contributed by atoms with Gasteiger partial charge in [-0.15, -0.1) is 0 Å². The van der Waals surface area contributed by atoms with E-state index in [1.54, 1.807) is 30.3 Å². The largest absolute Gasteiger partial charge is 0.507 e. The van der Waals surface area contributed by atoms with E-state index in [1.807, 2.05) is 24.3 Å². The van der Waals surface area contributed by atoms with Crippen LogP contribution in [-0.4, -0.2) is 17.2 Å². The molecule has 0 aliphatic rings. The van der Waals surface area contributed by atoms with Crippen molar-refractivity contribution in [2.75, 3.05) is 0 Å². The van der Waals surface area contributed by atoms with E-state index < -0.39 is 5.91 Å². The van der Waals surface area contributed by atoms with E-state index in [9.17, 15) is 9.90 Å². The minimum atomic E-state index is -0.521. The number of phenols is 1. The molecule has 120 valence electrons. The lowest BCUT2D eigenvalue weighted by Gasteiger charge is -2.06. The summed E-state index contributed by atoms with van der Waals surface area (Å²) in [4.78, 5) is 12.2. The highest BCUT2D eigenvalue weighted by molar-refractivity contribution is 6.35. The van der Waals surface area contributed by atoms with Crippen molar-refractivity contribution in [1.82, 2.24) is 5.43 Å². The number of amides is 1. The first-order valence-electron chi connectivity index (χ1n) is 7.05. The molecule has 0 aliphatic carbocycles. The van der Waals surface area contributed by atoms with Gasteiger partial charge < -0.3 is 5.11 Å². The summed E-state index contributed by atoms with van der Waals surface area (Å²) in [5.74, 6) is -0.630. The van der Waals surface area contributed by atoms with E-state index in [-0.39, 0.29) is 11.3 Å². The summed E-state index contributed by atoms with van der Waals surface area (Å²) in [5, 5.41) is 16.6. The van der Waals surface area contributed by atoms with Gasteiger partial charge in [-0.1, -0.05) is 47.5 Å². The molecule has 3 aromatic rings. The van der Waals surface area contributed by atoms with Crippen LogP contribution in [0.15, 0.2) is 59.7 Å². The molecule has 0 radical (unpaired) electrons. The van der Waals surface area contributed by atoms with Gasteiger partial charge in [0, 0.05) is 15.6 Å². The summed E-state index contributed by atoms with van der Waals surface area (Å²) in [6.07, 6.45) is 1.39. The average Bonchev–Trinajstić information content (AvgIpc) is 2.57. The Kier molecular flexibility index (Phi) is 4.69. The molecular weight excluding hydrogens is 347 g/mol. The molecule has 0 saturated heterocycles. The van der Waals surface area contributed by atoms with Crippen LogP contribution in [0.25, 0.3) is 10.8 Å². The summed E-state index contributed by atoms with van der Waals surface area (Å²) in [7, 11) is 0. The Hall–Kier alpha value is -2.56. The molecule has 0 fully saturated rings. The number of benzene rings is 3. The molecule has 6 heteroatoms. The number of hydrogen-bond acceptors (Lipinski definition) is 3. The minimum absolute atomic E-state index is 0.109. The van der Waals surface area contributed by atoms with Gasteiger partial charge >= 0.3 is 0 Å². The Morgan fingerprint density at radius 2 is 1.75 bits per heavy atom. The molecule has 0 unspecified atom stereocenters. The maximum Gasteiger partial charge on any atom is 0.275 e. The van der Waals surface area contributed by atoms with Crippen LogP contribution in [-0.2, 0) is 0 Å². The van der Waals surface area contributed by atoms with E-state index in [0.29, 0.717) is 15.6 Å². The first-order chi connectivity index (χ1) is 11.5. The second-order valence-corrected chi connectivity index (χ2v) is 5.93. The molecule has 2 N–H and O–H groups in total. The third-order valence-corrected chi connectivity index (χ3v) is 4.02. The van der Waals surface area contributed by atoms with Gasteiger partial charge in [0.05, 0.1) is 11.8 Å². The molecular formula is C18H12Cl2N2O2. The molecule has 0 spiro atoms. The van der Waals surface area contributed by atoms with Crippen LogP contribution in [0.5, 0.6) is 5.75 Å². The number of phenolic OH excluding ortho intramolecular Hbond substituents is 1. The summed E-state index contributed by atoms with van der Waals surface area (Å²) in [6, 6.07) is 15.5. The van der Waals surface area contributed by atoms with Gasteiger partial charge in [0.1, 0.15) is 5.75 Å². The van der Waals surface area contributed by atoms with E-state index in [4.69, 9.17) is 23.2 Å². The summed E-state index contributed by atoms with van der Waals surface area (Å²) >= 11 is 11.9. The minimum Gasteiger partial charge on any atom is -0.507 e. The molecule has 0 bridgehead atoms. The number of carbonyl (C=O) groups is 1. The third-order valence-electron chi connectivity index (χ3n) is 3.44. The average molecular weight is 359 g/mol. The molecule has 3 aromatic carbocycles. The number of hydrogen-bond donors (Lipinski definition) is 2. The Labute approximate surface area is 148 Å². The maximum atomic E-state index is 12.2. The van der Waals surface area contributed by atoms with Gasteiger partial charge in [0.25, 0.3) is 5.91 Å². The number of aromatic hydroxyl groups is 1. The molecule has 24 heavy (non-hydrogen) atoms. The fourth-order valence-electron chi connectivity index (χ4n) is 2.24. The molecule has 0 aliphatic heterocycles. The first kappa shape index (κ1) is 16.3. The van der Waals surface area contributed by atoms with Crippen molar-refractivity contribution in [2.45, 2.75) is 0 Å². The highest BCUT2D eigenvalue weighted by Crippen LogP contribution is 2.25. The van der Waals surface area contributed by atoms with Crippen LogP contribution in [0.2, 0.25) is 10.0 Å². The topological polar surface area (TPSA) is 61.7 Å². The zero-order valence-electron chi connectivity index (χ0n) is 12.3. The van der Waals surface area contributed by atoms with Crippen molar-refractivity contribution >= 4 is 46.1 Å². The summed E-state index contributed by atoms with van der Waals surface area (Å²) in [6.45, 7) is 0. The van der Waals surface area contributed by atoms with E-state index in [2.05, 4.69) is 10.5 Å². The number of hydrazone groups is 1.